The number of rotatable bonds is 6. The van der Waals surface area contributed by atoms with Crippen molar-refractivity contribution in [2.75, 3.05) is 18.9 Å². The number of amides is 1. The first-order valence-electron chi connectivity index (χ1n) is 7.06. The van der Waals surface area contributed by atoms with Crippen LogP contribution in [0.5, 0.6) is 0 Å². The number of thiophene rings is 1. The van der Waals surface area contributed by atoms with E-state index in [1.807, 2.05) is 19.1 Å². The number of hydrogen-bond donors (Lipinski definition) is 2. The summed E-state index contributed by atoms with van der Waals surface area (Å²) in [5.74, 6) is 0.128. The third-order valence-corrected chi connectivity index (χ3v) is 4.47. The lowest BCUT2D eigenvalue weighted by Gasteiger charge is -2.21. The van der Waals surface area contributed by atoms with Crippen molar-refractivity contribution in [3.8, 4) is 0 Å². The van der Waals surface area contributed by atoms with Crippen molar-refractivity contribution >= 4 is 33.1 Å². The lowest BCUT2D eigenvalue weighted by atomic mass is 10.1. The Bertz CT molecular complexity index is 624. The number of nitrogens with one attached hydrogen (secondary N) is 1. The Hall–Kier alpha value is -1.66. The lowest BCUT2D eigenvalue weighted by Crippen LogP contribution is -2.41. The van der Waals surface area contributed by atoms with E-state index in [-0.39, 0.29) is 17.9 Å². The average Bonchev–Trinajstić information content (AvgIpc) is 2.81. The van der Waals surface area contributed by atoms with Crippen LogP contribution in [0.3, 0.4) is 0 Å². The van der Waals surface area contributed by atoms with Crippen molar-refractivity contribution in [2.24, 2.45) is 5.92 Å². The van der Waals surface area contributed by atoms with Crippen LogP contribution in [0.1, 0.15) is 30.4 Å². The van der Waals surface area contributed by atoms with Crippen LogP contribution in [-0.4, -0.2) is 30.1 Å². The average molecular weight is 307 g/mol. The van der Waals surface area contributed by atoms with Gasteiger partial charge in [-0.05, 0) is 25.0 Å². The minimum absolute atomic E-state index is 0.0324. The predicted molar refractivity (Wildman–Crippen MR) is 86.6 cm³/mol. The SMILES string of the molecule is CCOCC(NC(=O)c1sc2cccnc2c1N)C(C)C. The number of pyridine rings is 1. The maximum absolute atomic E-state index is 12.4. The molecule has 21 heavy (non-hydrogen) atoms. The summed E-state index contributed by atoms with van der Waals surface area (Å²) in [4.78, 5) is 17.2. The van der Waals surface area contributed by atoms with Crippen molar-refractivity contribution in [1.29, 1.82) is 0 Å². The molecular weight excluding hydrogens is 286 g/mol. The molecule has 0 aliphatic carbocycles. The summed E-state index contributed by atoms with van der Waals surface area (Å²) >= 11 is 1.37. The fourth-order valence-electron chi connectivity index (χ4n) is 2.00. The largest absolute Gasteiger partial charge is 0.396 e. The second kappa shape index (κ2) is 6.87. The maximum atomic E-state index is 12.4. The number of carbonyl (C=O) groups excluding carboxylic acids is 1. The molecule has 6 heteroatoms. The molecule has 114 valence electrons. The first-order valence-corrected chi connectivity index (χ1v) is 7.87. The van der Waals surface area contributed by atoms with Crippen LogP contribution >= 0.6 is 11.3 Å². The maximum Gasteiger partial charge on any atom is 0.263 e. The molecule has 0 fully saturated rings. The normalized spacial score (nSPS) is 12.8. The van der Waals surface area contributed by atoms with Gasteiger partial charge < -0.3 is 15.8 Å². The second-order valence-corrected chi connectivity index (χ2v) is 6.23. The summed E-state index contributed by atoms with van der Waals surface area (Å²) in [5.41, 5.74) is 7.19. The molecule has 2 aromatic rings. The minimum Gasteiger partial charge on any atom is -0.396 e. The van der Waals surface area contributed by atoms with Crippen LogP contribution in [0, 0.1) is 5.92 Å². The fraction of sp³-hybridized carbons (Fsp3) is 0.467. The molecular formula is C15H21N3O2S. The van der Waals surface area contributed by atoms with E-state index >= 15 is 0 Å². The molecule has 0 bridgehead atoms. The molecule has 5 nitrogen and oxygen atoms in total. The number of anilines is 1. The van der Waals surface area contributed by atoms with E-state index in [1.165, 1.54) is 11.3 Å². The molecule has 0 saturated carbocycles. The van der Waals surface area contributed by atoms with Crippen LogP contribution in [0.2, 0.25) is 0 Å². The number of fused-ring (bicyclic) bond motifs is 1. The molecule has 1 amide bonds. The molecule has 0 spiro atoms. The number of carbonyl (C=O) groups is 1. The van der Waals surface area contributed by atoms with Gasteiger partial charge in [0.1, 0.15) is 10.4 Å². The molecule has 0 aromatic carbocycles. The van der Waals surface area contributed by atoms with E-state index in [9.17, 15) is 4.79 Å². The summed E-state index contributed by atoms with van der Waals surface area (Å²) in [6, 6.07) is 3.72. The van der Waals surface area contributed by atoms with E-state index in [2.05, 4.69) is 24.1 Å². The van der Waals surface area contributed by atoms with Crippen molar-refractivity contribution in [3.05, 3.63) is 23.2 Å². The van der Waals surface area contributed by atoms with Gasteiger partial charge >= 0.3 is 0 Å². The molecule has 0 saturated heterocycles. The third-order valence-electron chi connectivity index (χ3n) is 3.31. The topological polar surface area (TPSA) is 77.2 Å². The van der Waals surface area contributed by atoms with Crippen molar-refractivity contribution in [3.63, 3.8) is 0 Å². The summed E-state index contributed by atoms with van der Waals surface area (Å²) in [5, 5.41) is 3.01. The van der Waals surface area contributed by atoms with Gasteiger partial charge in [-0.3, -0.25) is 9.78 Å². The minimum atomic E-state index is -0.158. The molecule has 2 heterocycles. The van der Waals surface area contributed by atoms with Gasteiger partial charge in [0.25, 0.3) is 5.91 Å². The van der Waals surface area contributed by atoms with Gasteiger partial charge in [-0.1, -0.05) is 13.8 Å². The molecule has 2 rings (SSSR count). The number of aromatic nitrogens is 1. The van der Waals surface area contributed by atoms with Crippen molar-refractivity contribution in [2.45, 2.75) is 26.8 Å². The van der Waals surface area contributed by atoms with Crippen LogP contribution in [0.4, 0.5) is 5.69 Å². The highest BCUT2D eigenvalue weighted by Crippen LogP contribution is 2.31. The van der Waals surface area contributed by atoms with Crippen LogP contribution in [0.25, 0.3) is 10.2 Å². The Morgan fingerprint density at radius 3 is 2.90 bits per heavy atom. The number of nitrogen functional groups attached to an aromatic ring is 1. The van der Waals surface area contributed by atoms with Crippen LogP contribution in [-0.2, 0) is 4.74 Å². The standard InChI is InChI=1S/C15H21N3O2S/c1-4-20-8-10(9(2)3)18-15(19)14-12(16)13-11(21-14)6-5-7-17-13/h5-7,9-10H,4,8,16H2,1-3H3,(H,18,19). The molecule has 1 unspecified atom stereocenters. The Labute approximate surface area is 128 Å². The number of ether oxygens (including phenoxy) is 1. The molecule has 3 N–H and O–H groups in total. The first kappa shape index (κ1) is 15.7. The lowest BCUT2D eigenvalue weighted by molar-refractivity contribution is 0.0810. The fourth-order valence-corrected chi connectivity index (χ4v) is 2.98. The van der Waals surface area contributed by atoms with Gasteiger partial charge in [0.15, 0.2) is 0 Å². The molecule has 0 radical (unpaired) electrons. The predicted octanol–water partition coefficient (Wildman–Crippen LogP) is 2.67. The molecule has 1 atom stereocenters. The van der Waals surface area contributed by atoms with Gasteiger partial charge in [-0.15, -0.1) is 11.3 Å². The van der Waals surface area contributed by atoms with E-state index in [4.69, 9.17) is 10.5 Å². The van der Waals surface area contributed by atoms with Gasteiger partial charge in [-0.2, -0.15) is 0 Å². The van der Waals surface area contributed by atoms with E-state index in [0.717, 1.165) is 4.70 Å². The zero-order chi connectivity index (χ0) is 15.4. The van der Waals surface area contributed by atoms with Crippen molar-refractivity contribution in [1.82, 2.24) is 10.3 Å². The van der Waals surface area contributed by atoms with Gasteiger partial charge in [0, 0.05) is 12.8 Å². The highest BCUT2D eigenvalue weighted by atomic mass is 32.1. The smallest absolute Gasteiger partial charge is 0.263 e. The molecule has 2 aromatic heterocycles. The van der Waals surface area contributed by atoms with Gasteiger partial charge in [-0.25, -0.2) is 0 Å². The Morgan fingerprint density at radius 2 is 2.29 bits per heavy atom. The number of nitrogens with two attached hydrogens (primary N) is 1. The molecule has 0 aliphatic heterocycles. The zero-order valence-corrected chi connectivity index (χ0v) is 13.4. The monoisotopic (exact) mass is 307 g/mol. The summed E-state index contributed by atoms with van der Waals surface area (Å²) < 4.78 is 6.35. The Balaban J connectivity index is 2.19. The van der Waals surface area contributed by atoms with Crippen molar-refractivity contribution < 1.29 is 9.53 Å². The number of nitrogens with zero attached hydrogens (tertiary/aromatic N) is 1. The highest BCUT2D eigenvalue weighted by Gasteiger charge is 2.21. The van der Waals surface area contributed by atoms with E-state index in [0.29, 0.717) is 29.3 Å². The quantitative estimate of drug-likeness (QED) is 0.860. The number of hydrogen-bond acceptors (Lipinski definition) is 5. The highest BCUT2D eigenvalue weighted by molar-refractivity contribution is 7.21. The zero-order valence-electron chi connectivity index (χ0n) is 12.6. The second-order valence-electron chi connectivity index (χ2n) is 5.18. The first-order chi connectivity index (χ1) is 10.0. The van der Waals surface area contributed by atoms with Crippen LogP contribution in [0.15, 0.2) is 18.3 Å². The van der Waals surface area contributed by atoms with E-state index in [1.54, 1.807) is 6.20 Å². The summed E-state index contributed by atoms with van der Waals surface area (Å²) in [6.45, 7) is 7.19. The Morgan fingerprint density at radius 1 is 1.52 bits per heavy atom. The Kier molecular flexibility index (Phi) is 5.14. The summed E-state index contributed by atoms with van der Waals surface area (Å²) in [6.07, 6.45) is 1.68. The van der Waals surface area contributed by atoms with Gasteiger partial charge in [0.05, 0.1) is 23.0 Å². The van der Waals surface area contributed by atoms with E-state index < -0.39 is 0 Å². The molecule has 0 aliphatic rings. The third kappa shape index (κ3) is 3.51. The summed E-state index contributed by atoms with van der Waals surface area (Å²) in [7, 11) is 0. The van der Waals surface area contributed by atoms with Crippen LogP contribution < -0.4 is 11.1 Å². The van der Waals surface area contributed by atoms with Gasteiger partial charge in [0.2, 0.25) is 0 Å².